The third-order valence-corrected chi connectivity index (χ3v) is 2.53. The maximum atomic E-state index is 11.7. The van der Waals surface area contributed by atoms with Crippen LogP contribution in [-0.4, -0.2) is 24.7 Å². The number of rotatable bonds is 3. The normalized spacial score (nSPS) is 10.3. The highest BCUT2D eigenvalue weighted by Crippen LogP contribution is 2.25. The standard InChI is InChI=1S/C13H13NO4/c1-3-18-13(16)9-6-8-4-5-11(15)14-12(8)10(7-9)17-2/h4-7H,3H2,1-2H3,(H,14,15). The quantitative estimate of drug-likeness (QED) is 0.838. The lowest BCUT2D eigenvalue weighted by molar-refractivity contribution is 0.0526. The predicted molar refractivity (Wildman–Crippen MR) is 67.1 cm³/mol. The van der Waals surface area contributed by atoms with Gasteiger partial charge in [-0.15, -0.1) is 0 Å². The number of methoxy groups -OCH3 is 1. The molecule has 0 aliphatic carbocycles. The van der Waals surface area contributed by atoms with Crippen molar-refractivity contribution in [3.63, 3.8) is 0 Å². The Bertz CT molecular complexity index is 645. The zero-order valence-corrected chi connectivity index (χ0v) is 10.1. The molecule has 94 valence electrons. The van der Waals surface area contributed by atoms with Crippen molar-refractivity contribution in [3.8, 4) is 5.75 Å². The summed E-state index contributed by atoms with van der Waals surface area (Å²) < 4.78 is 10.1. The molecule has 1 heterocycles. The fourth-order valence-corrected chi connectivity index (χ4v) is 1.73. The van der Waals surface area contributed by atoms with Crippen LogP contribution in [0, 0.1) is 0 Å². The molecule has 1 aromatic carbocycles. The van der Waals surface area contributed by atoms with Crippen LogP contribution in [-0.2, 0) is 4.74 Å². The second-order valence-corrected chi connectivity index (χ2v) is 3.69. The number of H-pyrrole nitrogens is 1. The molecule has 0 radical (unpaired) electrons. The average Bonchev–Trinajstić information content (AvgIpc) is 2.37. The van der Waals surface area contributed by atoms with E-state index < -0.39 is 5.97 Å². The van der Waals surface area contributed by atoms with Gasteiger partial charge < -0.3 is 14.5 Å². The molecule has 2 aromatic rings. The highest BCUT2D eigenvalue weighted by molar-refractivity contribution is 5.96. The Morgan fingerprint density at radius 3 is 2.78 bits per heavy atom. The van der Waals surface area contributed by atoms with Crippen LogP contribution >= 0.6 is 0 Å². The lowest BCUT2D eigenvalue weighted by Crippen LogP contribution is -2.07. The van der Waals surface area contributed by atoms with Gasteiger partial charge in [-0.05, 0) is 25.1 Å². The first-order valence-electron chi connectivity index (χ1n) is 5.54. The van der Waals surface area contributed by atoms with E-state index in [1.807, 2.05) is 0 Å². The van der Waals surface area contributed by atoms with Gasteiger partial charge in [-0.2, -0.15) is 0 Å². The van der Waals surface area contributed by atoms with Gasteiger partial charge >= 0.3 is 5.97 Å². The number of aromatic amines is 1. The van der Waals surface area contributed by atoms with Crippen molar-refractivity contribution < 1.29 is 14.3 Å². The Kier molecular flexibility index (Phi) is 3.32. The minimum Gasteiger partial charge on any atom is -0.495 e. The zero-order chi connectivity index (χ0) is 13.1. The van der Waals surface area contributed by atoms with Crippen molar-refractivity contribution in [1.29, 1.82) is 0 Å². The number of carbonyl (C=O) groups excluding carboxylic acids is 1. The summed E-state index contributed by atoms with van der Waals surface area (Å²) in [6.45, 7) is 2.05. The maximum absolute atomic E-state index is 11.7. The van der Waals surface area contributed by atoms with Crippen LogP contribution in [0.5, 0.6) is 5.75 Å². The SMILES string of the molecule is CCOC(=O)c1cc(OC)c2[nH]c(=O)ccc2c1. The van der Waals surface area contributed by atoms with Crippen LogP contribution in [0.15, 0.2) is 29.1 Å². The molecule has 1 N–H and O–H groups in total. The van der Waals surface area contributed by atoms with E-state index in [1.54, 1.807) is 25.1 Å². The molecule has 0 aliphatic heterocycles. The molecule has 0 aliphatic rings. The minimum absolute atomic E-state index is 0.218. The number of hydrogen-bond donors (Lipinski definition) is 1. The van der Waals surface area contributed by atoms with Gasteiger partial charge in [0.2, 0.25) is 5.56 Å². The van der Waals surface area contributed by atoms with E-state index >= 15 is 0 Å². The van der Waals surface area contributed by atoms with E-state index in [4.69, 9.17) is 9.47 Å². The van der Waals surface area contributed by atoms with E-state index in [2.05, 4.69) is 4.98 Å². The summed E-state index contributed by atoms with van der Waals surface area (Å²) in [5.74, 6) is 0.0251. The number of aromatic nitrogens is 1. The third kappa shape index (κ3) is 2.20. The first-order valence-corrected chi connectivity index (χ1v) is 5.54. The lowest BCUT2D eigenvalue weighted by atomic mass is 10.1. The Labute approximate surface area is 103 Å². The maximum Gasteiger partial charge on any atom is 0.338 e. The van der Waals surface area contributed by atoms with Crippen molar-refractivity contribution in [2.45, 2.75) is 6.92 Å². The molecule has 0 bridgehead atoms. The number of benzene rings is 1. The summed E-state index contributed by atoms with van der Waals surface area (Å²) >= 11 is 0. The Hall–Kier alpha value is -2.30. The van der Waals surface area contributed by atoms with Crippen LogP contribution < -0.4 is 10.3 Å². The van der Waals surface area contributed by atoms with E-state index in [0.717, 1.165) is 5.39 Å². The van der Waals surface area contributed by atoms with E-state index in [-0.39, 0.29) is 5.56 Å². The molecule has 0 fully saturated rings. The summed E-state index contributed by atoms with van der Waals surface area (Å²) in [6.07, 6.45) is 0. The molecule has 0 amide bonds. The smallest absolute Gasteiger partial charge is 0.338 e. The largest absolute Gasteiger partial charge is 0.495 e. The fourth-order valence-electron chi connectivity index (χ4n) is 1.73. The molecule has 0 spiro atoms. The number of nitrogens with one attached hydrogen (secondary N) is 1. The molecule has 1 aromatic heterocycles. The number of ether oxygens (including phenoxy) is 2. The van der Waals surface area contributed by atoms with Crippen LogP contribution in [0.3, 0.4) is 0 Å². The second kappa shape index (κ2) is 4.91. The highest BCUT2D eigenvalue weighted by Gasteiger charge is 2.12. The molecule has 0 saturated carbocycles. The van der Waals surface area contributed by atoms with Gasteiger partial charge in [-0.3, -0.25) is 4.79 Å². The number of hydrogen-bond acceptors (Lipinski definition) is 4. The third-order valence-electron chi connectivity index (χ3n) is 2.53. The Morgan fingerprint density at radius 1 is 1.33 bits per heavy atom. The number of esters is 1. The lowest BCUT2D eigenvalue weighted by Gasteiger charge is -2.08. The van der Waals surface area contributed by atoms with Crippen molar-refractivity contribution in [2.75, 3.05) is 13.7 Å². The van der Waals surface area contributed by atoms with Gasteiger partial charge in [-0.1, -0.05) is 0 Å². The average molecular weight is 247 g/mol. The summed E-state index contributed by atoms with van der Waals surface area (Å²) in [7, 11) is 1.48. The van der Waals surface area contributed by atoms with Gasteiger partial charge in [0.1, 0.15) is 5.75 Å². The summed E-state index contributed by atoms with van der Waals surface area (Å²) in [5.41, 5.74) is 0.746. The first-order chi connectivity index (χ1) is 8.65. The summed E-state index contributed by atoms with van der Waals surface area (Å²) in [4.78, 5) is 25.6. The van der Waals surface area contributed by atoms with Crippen molar-refractivity contribution >= 4 is 16.9 Å². The van der Waals surface area contributed by atoms with Gasteiger partial charge in [0.05, 0.1) is 24.8 Å². The Morgan fingerprint density at radius 2 is 2.11 bits per heavy atom. The van der Waals surface area contributed by atoms with Crippen LogP contribution in [0.1, 0.15) is 17.3 Å². The molecule has 0 atom stereocenters. The van der Waals surface area contributed by atoms with Gasteiger partial charge in [0, 0.05) is 11.5 Å². The number of carbonyl (C=O) groups is 1. The zero-order valence-electron chi connectivity index (χ0n) is 10.1. The highest BCUT2D eigenvalue weighted by atomic mass is 16.5. The van der Waals surface area contributed by atoms with E-state index in [1.165, 1.54) is 13.2 Å². The molecule has 2 rings (SSSR count). The molecular formula is C13H13NO4. The minimum atomic E-state index is -0.413. The number of fused-ring (bicyclic) bond motifs is 1. The first kappa shape index (κ1) is 12.2. The van der Waals surface area contributed by atoms with Crippen LogP contribution in [0.25, 0.3) is 10.9 Å². The van der Waals surface area contributed by atoms with Crippen LogP contribution in [0.4, 0.5) is 0 Å². The van der Waals surface area contributed by atoms with Crippen molar-refractivity contribution in [1.82, 2.24) is 4.98 Å². The second-order valence-electron chi connectivity index (χ2n) is 3.69. The molecule has 18 heavy (non-hydrogen) atoms. The molecule has 5 heteroatoms. The molecular weight excluding hydrogens is 234 g/mol. The molecule has 5 nitrogen and oxygen atoms in total. The van der Waals surface area contributed by atoms with E-state index in [9.17, 15) is 9.59 Å². The monoisotopic (exact) mass is 247 g/mol. The Balaban J connectivity index is 2.63. The van der Waals surface area contributed by atoms with Crippen LogP contribution in [0.2, 0.25) is 0 Å². The molecule has 0 unspecified atom stereocenters. The number of pyridine rings is 1. The van der Waals surface area contributed by atoms with Gasteiger partial charge in [-0.25, -0.2) is 4.79 Å². The van der Waals surface area contributed by atoms with Crippen molar-refractivity contribution in [2.24, 2.45) is 0 Å². The predicted octanol–water partition coefficient (Wildman–Crippen LogP) is 1.71. The van der Waals surface area contributed by atoms with Gasteiger partial charge in [0.25, 0.3) is 0 Å². The summed E-state index contributed by atoms with van der Waals surface area (Å²) in [5, 5.41) is 0.719. The topological polar surface area (TPSA) is 68.4 Å². The summed E-state index contributed by atoms with van der Waals surface area (Å²) in [6, 6.07) is 6.25. The molecule has 0 saturated heterocycles. The fraction of sp³-hybridized carbons (Fsp3) is 0.231. The van der Waals surface area contributed by atoms with Gasteiger partial charge in [0.15, 0.2) is 0 Å². The van der Waals surface area contributed by atoms with Crippen molar-refractivity contribution in [3.05, 3.63) is 40.2 Å². The van der Waals surface area contributed by atoms with E-state index in [0.29, 0.717) is 23.4 Å².